The summed E-state index contributed by atoms with van der Waals surface area (Å²) in [6.07, 6.45) is 4.05. The fraction of sp³-hybridized carbons (Fsp3) is 0.353. The molecule has 122 valence electrons. The van der Waals surface area contributed by atoms with Crippen molar-refractivity contribution in [2.24, 2.45) is 0 Å². The Bertz CT molecular complexity index is 834. The van der Waals surface area contributed by atoms with Gasteiger partial charge in [0.2, 0.25) is 10.0 Å². The molecule has 0 saturated carbocycles. The fourth-order valence-electron chi connectivity index (χ4n) is 2.85. The normalized spacial score (nSPS) is 17.5. The molecule has 1 atom stereocenters. The van der Waals surface area contributed by atoms with Gasteiger partial charge in [-0.1, -0.05) is 18.2 Å². The van der Waals surface area contributed by atoms with E-state index in [1.165, 1.54) is 6.20 Å². The van der Waals surface area contributed by atoms with Crippen molar-refractivity contribution in [3.63, 3.8) is 0 Å². The summed E-state index contributed by atoms with van der Waals surface area (Å²) in [6.45, 7) is 3.32. The standard InChI is InChI=1S/C17H19FN2O2S/c1-11(2)23(21,22)20-15-8-12-3-4-13(7-14(12)9-15)16-5-6-19-10-17(16)18/h3-7,10-11,15,20H,8-9H2,1-2H3. The molecular formula is C17H19FN2O2S. The highest BCUT2D eigenvalue weighted by atomic mass is 32.2. The first-order valence-electron chi connectivity index (χ1n) is 7.59. The number of aromatic nitrogens is 1. The van der Waals surface area contributed by atoms with E-state index in [1.807, 2.05) is 18.2 Å². The van der Waals surface area contributed by atoms with Crippen LogP contribution in [0.25, 0.3) is 11.1 Å². The maximum Gasteiger partial charge on any atom is 0.214 e. The lowest BCUT2D eigenvalue weighted by Crippen LogP contribution is -2.39. The van der Waals surface area contributed by atoms with E-state index < -0.39 is 15.3 Å². The number of nitrogens with zero attached hydrogens (tertiary/aromatic N) is 1. The highest BCUT2D eigenvalue weighted by Gasteiger charge is 2.27. The monoisotopic (exact) mass is 334 g/mol. The quantitative estimate of drug-likeness (QED) is 0.935. The van der Waals surface area contributed by atoms with Gasteiger partial charge in [-0.05, 0) is 49.4 Å². The minimum absolute atomic E-state index is 0.130. The Labute approximate surface area is 135 Å². The molecule has 1 N–H and O–H groups in total. The number of rotatable bonds is 4. The van der Waals surface area contributed by atoms with Crippen LogP contribution in [0.2, 0.25) is 0 Å². The van der Waals surface area contributed by atoms with Crippen molar-refractivity contribution in [3.8, 4) is 11.1 Å². The Morgan fingerprint density at radius 3 is 2.65 bits per heavy atom. The van der Waals surface area contributed by atoms with Crippen molar-refractivity contribution in [2.75, 3.05) is 0 Å². The molecule has 0 saturated heterocycles. The van der Waals surface area contributed by atoms with Gasteiger partial charge < -0.3 is 0 Å². The molecule has 6 heteroatoms. The topological polar surface area (TPSA) is 59.1 Å². The molecule has 1 aromatic heterocycles. The van der Waals surface area contributed by atoms with E-state index in [2.05, 4.69) is 9.71 Å². The van der Waals surface area contributed by atoms with Gasteiger partial charge in [0.15, 0.2) is 0 Å². The average molecular weight is 334 g/mol. The lowest BCUT2D eigenvalue weighted by molar-refractivity contribution is 0.547. The molecular weight excluding hydrogens is 315 g/mol. The summed E-state index contributed by atoms with van der Waals surface area (Å²) < 4.78 is 40.6. The maximum atomic E-state index is 13.9. The van der Waals surface area contributed by atoms with E-state index in [4.69, 9.17) is 0 Å². The summed E-state index contributed by atoms with van der Waals surface area (Å²) in [5, 5.41) is -0.451. The Morgan fingerprint density at radius 1 is 1.22 bits per heavy atom. The molecule has 0 radical (unpaired) electrons. The van der Waals surface area contributed by atoms with E-state index in [-0.39, 0.29) is 11.9 Å². The SMILES string of the molecule is CC(C)S(=O)(=O)NC1Cc2ccc(-c3ccncc3F)cc2C1. The molecule has 1 aliphatic carbocycles. The lowest BCUT2D eigenvalue weighted by Gasteiger charge is -2.14. The molecule has 0 spiro atoms. The molecule has 3 rings (SSSR count). The predicted octanol–water partition coefficient (Wildman–Crippen LogP) is 2.68. The summed E-state index contributed by atoms with van der Waals surface area (Å²) >= 11 is 0. The molecule has 1 aliphatic rings. The van der Waals surface area contributed by atoms with Gasteiger partial charge in [0.1, 0.15) is 5.82 Å². The molecule has 0 bridgehead atoms. The van der Waals surface area contributed by atoms with E-state index in [0.29, 0.717) is 18.4 Å². The Morgan fingerprint density at radius 2 is 1.96 bits per heavy atom. The van der Waals surface area contributed by atoms with Crippen LogP contribution in [-0.4, -0.2) is 24.7 Å². The molecule has 1 aromatic carbocycles. The van der Waals surface area contributed by atoms with E-state index in [9.17, 15) is 12.8 Å². The predicted molar refractivity (Wildman–Crippen MR) is 88.0 cm³/mol. The third kappa shape index (κ3) is 3.28. The second-order valence-electron chi connectivity index (χ2n) is 6.16. The van der Waals surface area contributed by atoms with Gasteiger partial charge in [-0.2, -0.15) is 0 Å². The largest absolute Gasteiger partial charge is 0.262 e. The average Bonchev–Trinajstić information content (AvgIpc) is 2.88. The Balaban J connectivity index is 1.83. The number of halogens is 1. The van der Waals surface area contributed by atoms with Crippen LogP contribution in [0.4, 0.5) is 4.39 Å². The highest BCUT2D eigenvalue weighted by Crippen LogP contribution is 2.29. The molecule has 1 unspecified atom stereocenters. The minimum atomic E-state index is -3.29. The van der Waals surface area contributed by atoms with Crippen LogP contribution in [0, 0.1) is 5.82 Å². The lowest BCUT2D eigenvalue weighted by atomic mass is 10.0. The zero-order chi connectivity index (χ0) is 16.6. The fourth-order valence-corrected chi connectivity index (χ4v) is 3.75. The van der Waals surface area contributed by atoms with Crippen LogP contribution in [0.1, 0.15) is 25.0 Å². The van der Waals surface area contributed by atoms with Gasteiger partial charge in [-0.3, -0.25) is 4.98 Å². The minimum Gasteiger partial charge on any atom is -0.262 e. The van der Waals surface area contributed by atoms with E-state index in [0.717, 1.165) is 16.7 Å². The first kappa shape index (κ1) is 16.1. The summed E-state index contributed by atoms with van der Waals surface area (Å²) in [7, 11) is -3.29. The van der Waals surface area contributed by atoms with Gasteiger partial charge in [0, 0.05) is 17.8 Å². The van der Waals surface area contributed by atoms with Crippen molar-refractivity contribution in [1.82, 2.24) is 9.71 Å². The number of benzene rings is 1. The van der Waals surface area contributed by atoms with Crippen LogP contribution in [0.5, 0.6) is 0 Å². The van der Waals surface area contributed by atoms with Crippen molar-refractivity contribution >= 4 is 10.0 Å². The summed E-state index contributed by atoms with van der Waals surface area (Å²) in [6, 6.07) is 7.28. The van der Waals surface area contributed by atoms with E-state index >= 15 is 0 Å². The number of hydrogen-bond donors (Lipinski definition) is 1. The van der Waals surface area contributed by atoms with Crippen LogP contribution in [-0.2, 0) is 22.9 Å². The van der Waals surface area contributed by atoms with Gasteiger partial charge in [-0.15, -0.1) is 0 Å². The molecule has 4 nitrogen and oxygen atoms in total. The molecule has 0 aliphatic heterocycles. The smallest absolute Gasteiger partial charge is 0.214 e. The van der Waals surface area contributed by atoms with Crippen molar-refractivity contribution in [3.05, 3.63) is 53.6 Å². The van der Waals surface area contributed by atoms with Crippen molar-refractivity contribution < 1.29 is 12.8 Å². The van der Waals surface area contributed by atoms with Gasteiger partial charge in [0.25, 0.3) is 0 Å². The zero-order valence-electron chi connectivity index (χ0n) is 13.1. The summed E-state index contributed by atoms with van der Waals surface area (Å²) in [4.78, 5) is 3.76. The summed E-state index contributed by atoms with van der Waals surface area (Å²) in [5.74, 6) is -0.359. The number of hydrogen-bond acceptors (Lipinski definition) is 3. The van der Waals surface area contributed by atoms with Crippen LogP contribution in [0.3, 0.4) is 0 Å². The molecule has 1 heterocycles. The van der Waals surface area contributed by atoms with Gasteiger partial charge in [-0.25, -0.2) is 17.5 Å². The van der Waals surface area contributed by atoms with Crippen LogP contribution >= 0.6 is 0 Å². The van der Waals surface area contributed by atoms with Crippen LogP contribution in [0.15, 0.2) is 36.7 Å². The number of nitrogens with one attached hydrogen (secondary N) is 1. The third-order valence-corrected chi connectivity index (χ3v) is 6.08. The van der Waals surface area contributed by atoms with Gasteiger partial charge in [0.05, 0.1) is 11.4 Å². The Kier molecular flexibility index (Phi) is 4.21. The maximum absolute atomic E-state index is 13.9. The second kappa shape index (κ2) is 6.02. The van der Waals surface area contributed by atoms with Gasteiger partial charge >= 0.3 is 0 Å². The molecule has 23 heavy (non-hydrogen) atoms. The molecule has 0 fully saturated rings. The number of pyridine rings is 1. The first-order valence-corrected chi connectivity index (χ1v) is 9.14. The number of sulfonamides is 1. The highest BCUT2D eigenvalue weighted by molar-refractivity contribution is 7.90. The molecule has 2 aromatic rings. The van der Waals surface area contributed by atoms with Crippen molar-refractivity contribution in [1.29, 1.82) is 0 Å². The van der Waals surface area contributed by atoms with E-state index in [1.54, 1.807) is 26.1 Å². The van der Waals surface area contributed by atoms with Crippen molar-refractivity contribution in [2.45, 2.75) is 38.0 Å². The van der Waals surface area contributed by atoms with Crippen LogP contribution < -0.4 is 4.72 Å². The zero-order valence-corrected chi connectivity index (χ0v) is 13.9. The number of fused-ring (bicyclic) bond motifs is 1. The third-order valence-electron chi connectivity index (χ3n) is 4.17. The summed E-state index contributed by atoms with van der Waals surface area (Å²) in [5.41, 5.74) is 3.47. The Hall–Kier alpha value is -1.79. The first-order chi connectivity index (χ1) is 10.9. The second-order valence-corrected chi connectivity index (χ2v) is 8.42. The molecule has 0 amide bonds.